The standard InChI is InChI=1S/C5H4N2O2S/c1-10(8,9)5(4-7)2-3-6/h2H,1H3/b5-2-. The van der Waals surface area contributed by atoms with Crippen LogP contribution >= 0.6 is 0 Å². The predicted molar refractivity (Wildman–Crippen MR) is 34.2 cm³/mol. The number of rotatable bonds is 1. The van der Waals surface area contributed by atoms with Crippen LogP contribution in [0.4, 0.5) is 0 Å². The number of sulfone groups is 1. The molecular formula is C5H4N2O2S. The fraction of sp³-hybridized carbons (Fsp3) is 0.200. The van der Waals surface area contributed by atoms with Crippen molar-refractivity contribution in [2.24, 2.45) is 0 Å². The summed E-state index contributed by atoms with van der Waals surface area (Å²) in [7, 11) is -3.50. The smallest absolute Gasteiger partial charge is 0.186 e. The summed E-state index contributed by atoms with van der Waals surface area (Å²) in [4.78, 5) is -0.505. The van der Waals surface area contributed by atoms with Crippen molar-refractivity contribution >= 4 is 9.84 Å². The zero-order valence-corrected chi connectivity index (χ0v) is 6.01. The molecule has 0 bridgehead atoms. The van der Waals surface area contributed by atoms with Crippen molar-refractivity contribution in [1.29, 1.82) is 10.5 Å². The molecule has 0 fully saturated rings. The van der Waals surface area contributed by atoms with Gasteiger partial charge in [0.15, 0.2) is 14.7 Å². The lowest BCUT2D eigenvalue weighted by molar-refractivity contribution is 0.608. The van der Waals surface area contributed by atoms with Gasteiger partial charge in [-0.3, -0.25) is 0 Å². The third-order valence-corrected chi connectivity index (χ3v) is 1.71. The zero-order chi connectivity index (χ0) is 8.20. The van der Waals surface area contributed by atoms with Crippen LogP contribution in [0.5, 0.6) is 0 Å². The second-order valence-electron chi connectivity index (χ2n) is 1.52. The summed E-state index contributed by atoms with van der Waals surface area (Å²) < 4.78 is 21.0. The Balaban J connectivity index is 5.02. The summed E-state index contributed by atoms with van der Waals surface area (Å²) in [5.74, 6) is 0. The molecule has 0 N–H and O–H groups in total. The molecule has 0 aliphatic carbocycles. The highest BCUT2D eigenvalue weighted by Gasteiger charge is 2.08. The summed E-state index contributed by atoms with van der Waals surface area (Å²) >= 11 is 0. The van der Waals surface area contributed by atoms with Crippen LogP contribution < -0.4 is 0 Å². The summed E-state index contributed by atoms with van der Waals surface area (Å²) in [6.07, 6.45) is 1.58. The third-order valence-electron chi connectivity index (χ3n) is 0.705. The second kappa shape index (κ2) is 3.00. The van der Waals surface area contributed by atoms with E-state index in [1.807, 2.05) is 0 Å². The maximum atomic E-state index is 10.5. The first-order chi connectivity index (χ1) is 4.52. The van der Waals surface area contributed by atoms with E-state index in [4.69, 9.17) is 10.5 Å². The Morgan fingerprint density at radius 1 is 1.50 bits per heavy atom. The van der Waals surface area contributed by atoms with E-state index < -0.39 is 14.7 Å². The highest BCUT2D eigenvalue weighted by Crippen LogP contribution is 2.00. The van der Waals surface area contributed by atoms with Crippen LogP contribution in [0.15, 0.2) is 11.0 Å². The molecule has 0 spiro atoms. The number of hydrogen-bond acceptors (Lipinski definition) is 4. The molecule has 0 heterocycles. The molecule has 0 atom stereocenters. The van der Waals surface area contributed by atoms with Crippen molar-refractivity contribution in [3.8, 4) is 12.1 Å². The first-order valence-corrected chi connectivity index (χ1v) is 4.11. The monoisotopic (exact) mass is 156 g/mol. The number of allylic oxidation sites excluding steroid dienone is 2. The summed E-state index contributed by atoms with van der Waals surface area (Å²) in [6, 6.07) is 2.86. The molecule has 0 unspecified atom stereocenters. The van der Waals surface area contributed by atoms with Crippen LogP contribution in [0.2, 0.25) is 0 Å². The SMILES string of the molecule is CS(=O)(=O)/C(C#N)=C\C#N. The van der Waals surface area contributed by atoms with Crippen LogP contribution in [0.1, 0.15) is 0 Å². The largest absolute Gasteiger partial charge is 0.223 e. The van der Waals surface area contributed by atoms with Crippen LogP contribution in [0.3, 0.4) is 0 Å². The second-order valence-corrected chi connectivity index (χ2v) is 3.51. The molecule has 10 heavy (non-hydrogen) atoms. The van der Waals surface area contributed by atoms with E-state index in [2.05, 4.69) is 0 Å². The van der Waals surface area contributed by atoms with Gasteiger partial charge in [0, 0.05) is 12.3 Å². The maximum absolute atomic E-state index is 10.5. The van der Waals surface area contributed by atoms with Crippen molar-refractivity contribution in [3.63, 3.8) is 0 Å². The van der Waals surface area contributed by atoms with Crippen molar-refractivity contribution in [1.82, 2.24) is 0 Å². The van der Waals surface area contributed by atoms with Crippen molar-refractivity contribution in [3.05, 3.63) is 11.0 Å². The molecule has 0 saturated heterocycles. The van der Waals surface area contributed by atoms with Gasteiger partial charge in [-0.1, -0.05) is 0 Å². The Hall–Kier alpha value is -1.33. The van der Waals surface area contributed by atoms with Gasteiger partial charge in [0.1, 0.15) is 6.07 Å². The Kier molecular flexibility index (Phi) is 2.60. The van der Waals surface area contributed by atoms with Gasteiger partial charge in [0.2, 0.25) is 0 Å². The molecule has 0 aromatic rings. The van der Waals surface area contributed by atoms with Crippen LogP contribution in [-0.4, -0.2) is 14.7 Å². The van der Waals surface area contributed by atoms with Crippen molar-refractivity contribution < 1.29 is 8.42 Å². The predicted octanol–water partition coefficient (Wildman–Crippen LogP) is -0.0379. The zero-order valence-electron chi connectivity index (χ0n) is 5.20. The molecule has 0 aromatic carbocycles. The van der Waals surface area contributed by atoms with Gasteiger partial charge in [0.05, 0.1) is 6.07 Å². The van der Waals surface area contributed by atoms with Crippen LogP contribution in [0, 0.1) is 22.7 Å². The fourth-order valence-corrected chi connectivity index (χ4v) is 0.713. The lowest BCUT2D eigenvalue weighted by Gasteiger charge is -1.87. The molecule has 5 heteroatoms. The molecule has 52 valence electrons. The lowest BCUT2D eigenvalue weighted by Crippen LogP contribution is -1.97. The number of nitriles is 2. The Bertz CT molecular complexity index is 326. The lowest BCUT2D eigenvalue weighted by atomic mass is 10.5. The van der Waals surface area contributed by atoms with E-state index in [1.54, 1.807) is 0 Å². The minimum atomic E-state index is -3.50. The molecule has 0 aliphatic rings. The molecule has 0 amide bonds. The Morgan fingerprint density at radius 2 is 2.00 bits per heavy atom. The Morgan fingerprint density at radius 3 is 2.10 bits per heavy atom. The minimum Gasteiger partial charge on any atom is -0.223 e. The van der Waals surface area contributed by atoms with Crippen LogP contribution in [0.25, 0.3) is 0 Å². The van der Waals surface area contributed by atoms with Gasteiger partial charge in [-0.2, -0.15) is 10.5 Å². The average molecular weight is 156 g/mol. The molecular weight excluding hydrogens is 152 g/mol. The molecule has 4 nitrogen and oxygen atoms in total. The van der Waals surface area contributed by atoms with Crippen molar-refractivity contribution in [2.75, 3.05) is 6.26 Å². The average Bonchev–Trinajstić information content (AvgIpc) is 1.80. The normalized spacial score (nSPS) is 11.7. The maximum Gasteiger partial charge on any atom is 0.186 e. The summed E-state index contributed by atoms with van der Waals surface area (Å²) in [5.41, 5.74) is 0. The highest BCUT2D eigenvalue weighted by atomic mass is 32.2. The van der Waals surface area contributed by atoms with E-state index in [-0.39, 0.29) is 0 Å². The van der Waals surface area contributed by atoms with Gasteiger partial charge >= 0.3 is 0 Å². The quantitative estimate of drug-likeness (QED) is 0.499. The molecule has 0 saturated carbocycles. The molecule has 0 aromatic heterocycles. The third kappa shape index (κ3) is 2.29. The summed E-state index contributed by atoms with van der Waals surface area (Å²) in [6.45, 7) is 0. The van der Waals surface area contributed by atoms with Gasteiger partial charge in [-0.15, -0.1) is 0 Å². The first kappa shape index (κ1) is 8.67. The fourth-order valence-electron chi connectivity index (χ4n) is 0.281. The van der Waals surface area contributed by atoms with Crippen molar-refractivity contribution in [2.45, 2.75) is 0 Å². The van der Waals surface area contributed by atoms with E-state index in [0.717, 1.165) is 6.26 Å². The van der Waals surface area contributed by atoms with Gasteiger partial charge in [0.25, 0.3) is 0 Å². The van der Waals surface area contributed by atoms with E-state index in [1.165, 1.54) is 12.1 Å². The summed E-state index contributed by atoms with van der Waals surface area (Å²) in [5, 5.41) is 16.1. The minimum absolute atomic E-state index is 0.505. The number of hydrogen-bond donors (Lipinski definition) is 0. The number of nitrogens with zero attached hydrogens (tertiary/aromatic N) is 2. The first-order valence-electron chi connectivity index (χ1n) is 2.22. The van der Waals surface area contributed by atoms with Gasteiger partial charge in [-0.05, 0) is 0 Å². The Labute approximate surface area is 58.9 Å². The van der Waals surface area contributed by atoms with E-state index in [0.29, 0.717) is 6.08 Å². The topological polar surface area (TPSA) is 81.7 Å². The van der Waals surface area contributed by atoms with Crippen LogP contribution in [-0.2, 0) is 9.84 Å². The molecule has 0 aliphatic heterocycles. The molecule has 0 rings (SSSR count). The van der Waals surface area contributed by atoms with E-state index >= 15 is 0 Å². The van der Waals surface area contributed by atoms with Gasteiger partial charge in [-0.25, -0.2) is 8.42 Å². The van der Waals surface area contributed by atoms with E-state index in [9.17, 15) is 8.42 Å². The molecule has 0 radical (unpaired) electrons. The van der Waals surface area contributed by atoms with Gasteiger partial charge < -0.3 is 0 Å². The highest BCUT2D eigenvalue weighted by molar-refractivity contribution is 7.94.